The van der Waals surface area contributed by atoms with Crippen LogP contribution in [0.3, 0.4) is 0 Å². The Morgan fingerprint density at radius 2 is 1.85 bits per heavy atom. The maximum Gasteiger partial charge on any atom is 0.328 e. The van der Waals surface area contributed by atoms with Gasteiger partial charge < -0.3 is 19.7 Å². The molecule has 0 aromatic carbocycles. The summed E-state index contributed by atoms with van der Waals surface area (Å²) in [5.74, 6) is 0.158. The molecule has 1 saturated heterocycles. The number of nitrogens with one attached hydrogen (secondary N) is 1. The first-order chi connectivity index (χ1) is 11.9. The lowest BCUT2D eigenvalue weighted by Crippen LogP contribution is -2.55. The number of allylic oxidation sites excluding steroid dienone is 1. The highest BCUT2D eigenvalue weighted by Crippen LogP contribution is 2.27. The first kappa shape index (κ1) is 22.3. The summed E-state index contributed by atoms with van der Waals surface area (Å²) in [6, 6.07) is -1.01. The average Bonchev–Trinajstić information content (AvgIpc) is 2.98. The molecule has 150 valence electrons. The number of rotatable bonds is 6. The molecule has 2 atom stereocenters. The van der Waals surface area contributed by atoms with E-state index < -0.39 is 12.1 Å². The zero-order valence-electron chi connectivity index (χ0n) is 17.6. The number of nitrogens with zero attached hydrogens (tertiary/aromatic N) is 1. The lowest BCUT2D eigenvalue weighted by atomic mass is 9.85. The van der Waals surface area contributed by atoms with Gasteiger partial charge in [0.05, 0.1) is 7.11 Å². The van der Waals surface area contributed by atoms with E-state index in [-0.39, 0.29) is 22.9 Å². The van der Waals surface area contributed by atoms with Crippen molar-refractivity contribution in [2.24, 2.45) is 5.41 Å². The van der Waals surface area contributed by atoms with Gasteiger partial charge in [0.1, 0.15) is 17.7 Å². The van der Waals surface area contributed by atoms with Gasteiger partial charge in [0, 0.05) is 6.54 Å². The maximum atomic E-state index is 13.3. The van der Waals surface area contributed by atoms with Gasteiger partial charge in [-0.2, -0.15) is 0 Å². The number of amides is 1. The number of hydrogen-bond acceptors (Lipinski definition) is 5. The summed E-state index contributed by atoms with van der Waals surface area (Å²) in [7, 11) is 1.36. The molecule has 0 spiro atoms. The van der Waals surface area contributed by atoms with Gasteiger partial charge in [-0.15, -0.1) is 0 Å². The van der Waals surface area contributed by atoms with Gasteiger partial charge in [0.25, 0.3) is 0 Å². The molecular formula is C20H36N2O4. The van der Waals surface area contributed by atoms with Crippen LogP contribution in [0.2, 0.25) is 0 Å². The predicted octanol–water partition coefficient (Wildman–Crippen LogP) is 3.22. The Kier molecular flexibility index (Phi) is 7.54. The van der Waals surface area contributed by atoms with E-state index in [1.54, 1.807) is 4.90 Å². The highest BCUT2D eigenvalue weighted by Gasteiger charge is 2.42. The molecule has 0 unspecified atom stereocenters. The molecular weight excluding hydrogens is 332 g/mol. The van der Waals surface area contributed by atoms with Crippen LogP contribution in [-0.2, 0) is 19.1 Å². The van der Waals surface area contributed by atoms with Crippen LogP contribution in [0.25, 0.3) is 0 Å². The molecule has 0 bridgehead atoms. The summed E-state index contributed by atoms with van der Waals surface area (Å²) in [6.45, 7) is 14.5. The molecule has 0 aromatic rings. The smallest absolute Gasteiger partial charge is 0.328 e. The van der Waals surface area contributed by atoms with E-state index >= 15 is 0 Å². The molecule has 1 rings (SSSR count). The van der Waals surface area contributed by atoms with Gasteiger partial charge in [-0.3, -0.25) is 4.79 Å². The van der Waals surface area contributed by atoms with Gasteiger partial charge in [0.2, 0.25) is 5.91 Å². The third-order valence-corrected chi connectivity index (χ3v) is 4.21. The summed E-state index contributed by atoms with van der Waals surface area (Å²) >= 11 is 0. The Balaban J connectivity index is 3.08. The second-order valence-electron chi connectivity index (χ2n) is 8.85. The highest BCUT2D eigenvalue weighted by atomic mass is 16.5. The minimum Gasteiger partial charge on any atom is -0.474 e. The first-order valence-corrected chi connectivity index (χ1v) is 9.44. The van der Waals surface area contributed by atoms with Gasteiger partial charge in [-0.25, -0.2) is 4.79 Å². The van der Waals surface area contributed by atoms with Crippen LogP contribution in [-0.4, -0.2) is 48.1 Å². The van der Waals surface area contributed by atoms with Gasteiger partial charge in [-0.05, 0) is 51.5 Å². The SMILES string of the molecule is CC/C=C(\N[C@H](C(=O)N1CCC[C@H]1C(=O)OC)C(C)(C)C)OC(C)(C)C. The fraction of sp³-hybridized carbons (Fsp3) is 0.800. The molecule has 6 nitrogen and oxygen atoms in total. The predicted molar refractivity (Wildman–Crippen MR) is 102 cm³/mol. The van der Waals surface area contributed by atoms with Gasteiger partial charge >= 0.3 is 5.97 Å². The summed E-state index contributed by atoms with van der Waals surface area (Å²) in [5.41, 5.74) is -0.726. The van der Waals surface area contributed by atoms with Crippen molar-refractivity contribution in [2.45, 2.75) is 85.4 Å². The Hall–Kier alpha value is -1.72. The molecule has 0 saturated carbocycles. The number of ether oxygens (including phenoxy) is 2. The molecule has 1 aliphatic rings. The average molecular weight is 369 g/mol. The second kappa shape index (κ2) is 8.78. The Labute approximate surface area is 158 Å². The highest BCUT2D eigenvalue weighted by molar-refractivity contribution is 5.88. The topological polar surface area (TPSA) is 67.9 Å². The van der Waals surface area contributed by atoms with E-state index in [4.69, 9.17) is 9.47 Å². The van der Waals surface area contributed by atoms with Crippen molar-refractivity contribution in [1.29, 1.82) is 0 Å². The molecule has 1 N–H and O–H groups in total. The van der Waals surface area contributed by atoms with Crippen LogP contribution >= 0.6 is 0 Å². The molecule has 1 aliphatic heterocycles. The fourth-order valence-corrected chi connectivity index (χ4v) is 3.01. The van der Waals surface area contributed by atoms with Gasteiger partial charge in [-0.1, -0.05) is 27.7 Å². The molecule has 1 fully saturated rings. The zero-order chi connectivity index (χ0) is 20.1. The Morgan fingerprint density at radius 3 is 2.31 bits per heavy atom. The lowest BCUT2D eigenvalue weighted by molar-refractivity contribution is -0.152. The van der Waals surface area contributed by atoms with E-state index in [1.165, 1.54) is 7.11 Å². The summed E-state index contributed by atoms with van der Waals surface area (Å²) in [4.78, 5) is 27.0. The number of methoxy groups -OCH3 is 1. The van der Waals surface area contributed by atoms with Crippen molar-refractivity contribution in [3.63, 3.8) is 0 Å². The van der Waals surface area contributed by atoms with Crippen LogP contribution in [0.1, 0.15) is 67.7 Å². The Morgan fingerprint density at radius 1 is 1.23 bits per heavy atom. The largest absolute Gasteiger partial charge is 0.474 e. The monoisotopic (exact) mass is 368 g/mol. The second-order valence-corrected chi connectivity index (χ2v) is 8.85. The third kappa shape index (κ3) is 6.22. The van der Waals surface area contributed by atoms with Crippen LogP contribution < -0.4 is 5.32 Å². The molecule has 1 amide bonds. The normalized spacial score (nSPS) is 19.9. The van der Waals surface area contributed by atoms with E-state index in [1.807, 2.05) is 54.5 Å². The van der Waals surface area contributed by atoms with Crippen LogP contribution in [0.4, 0.5) is 0 Å². The first-order valence-electron chi connectivity index (χ1n) is 9.44. The van der Waals surface area contributed by atoms with E-state index in [2.05, 4.69) is 5.32 Å². The van der Waals surface area contributed by atoms with E-state index in [0.717, 1.165) is 12.8 Å². The van der Waals surface area contributed by atoms with Crippen LogP contribution in [0.15, 0.2) is 12.0 Å². The number of likely N-dealkylation sites (tertiary alicyclic amines) is 1. The van der Waals surface area contributed by atoms with E-state index in [0.29, 0.717) is 18.8 Å². The summed E-state index contributed by atoms with van der Waals surface area (Å²) < 4.78 is 10.9. The zero-order valence-corrected chi connectivity index (χ0v) is 17.6. The fourth-order valence-electron chi connectivity index (χ4n) is 3.01. The van der Waals surface area contributed by atoms with Crippen molar-refractivity contribution in [3.05, 3.63) is 12.0 Å². The molecule has 1 heterocycles. The minimum absolute atomic E-state index is 0.0927. The number of carbonyl (C=O) groups is 2. The molecule has 26 heavy (non-hydrogen) atoms. The summed E-state index contributed by atoms with van der Waals surface area (Å²) in [6.07, 6.45) is 4.18. The number of hydrogen-bond donors (Lipinski definition) is 1. The molecule has 6 heteroatoms. The van der Waals surface area contributed by atoms with E-state index in [9.17, 15) is 9.59 Å². The standard InChI is InChI=1S/C20H36N2O4/c1-9-11-15(26-20(5,6)7)21-16(19(2,3)4)17(23)22-13-10-12-14(22)18(24)25-8/h11,14,16,21H,9-10,12-13H2,1-8H3/b15-11+/t14-,16+/m0/s1. The maximum absolute atomic E-state index is 13.3. The lowest BCUT2D eigenvalue weighted by Gasteiger charge is -2.37. The minimum atomic E-state index is -0.507. The molecule has 0 aliphatic carbocycles. The quantitative estimate of drug-likeness (QED) is 0.576. The van der Waals surface area contributed by atoms with Crippen molar-refractivity contribution in [1.82, 2.24) is 10.2 Å². The summed E-state index contributed by atoms with van der Waals surface area (Å²) in [5, 5.41) is 3.30. The number of carbonyl (C=O) groups excluding carboxylic acids is 2. The number of esters is 1. The molecule has 0 radical (unpaired) electrons. The van der Waals surface area contributed by atoms with Crippen molar-refractivity contribution >= 4 is 11.9 Å². The van der Waals surface area contributed by atoms with Crippen molar-refractivity contribution in [3.8, 4) is 0 Å². The van der Waals surface area contributed by atoms with Crippen molar-refractivity contribution in [2.75, 3.05) is 13.7 Å². The van der Waals surface area contributed by atoms with Crippen molar-refractivity contribution < 1.29 is 19.1 Å². The van der Waals surface area contributed by atoms with Crippen LogP contribution in [0.5, 0.6) is 0 Å². The third-order valence-electron chi connectivity index (χ3n) is 4.21. The van der Waals surface area contributed by atoms with Gasteiger partial charge in [0.15, 0.2) is 5.88 Å². The molecule has 0 aromatic heterocycles. The Bertz CT molecular complexity index is 529. The van der Waals surface area contributed by atoms with Crippen LogP contribution in [0, 0.1) is 5.41 Å².